The number of methoxy groups -OCH3 is 1. The number of esters is 1. The minimum absolute atomic E-state index is 0.0943. The summed E-state index contributed by atoms with van der Waals surface area (Å²) < 4.78 is 27.9. The average molecular weight is 368 g/mol. The maximum atomic E-state index is 12.1. The Hall–Kier alpha value is -2.72. The number of imide groups is 1. The van der Waals surface area contributed by atoms with E-state index < -0.39 is 27.6 Å². The molecule has 2 rings (SSSR count). The minimum Gasteiger partial charge on any atom is -0.465 e. The van der Waals surface area contributed by atoms with Crippen molar-refractivity contribution in [1.82, 2.24) is 4.90 Å². The highest BCUT2D eigenvalue weighted by Crippen LogP contribution is 2.24. The van der Waals surface area contributed by atoms with E-state index >= 15 is 0 Å². The third-order valence-electron chi connectivity index (χ3n) is 3.43. The molecule has 1 aromatic carbocycles. The van der Waals surface area contributed by atoms with Crippen molar-refractivity contribution in [2.75, 3.05) is 31.8 Å². The Bertz CT molecular complexity index is 874. The number of aliphatic hydroxyl groups excluding tert-OH is 1. The number of hydrogen-bond acceptors (Lipinski definition) is 8. The lowest BCUT2D eigenvalue weighted by Crippen LogP contribution is -2.34. The highest BCUT2D eigenvalue weighted by molar-refractivity contribution is 7.90. The molecule has 0 atom stereocenters. The molecule has 25 heavy (non-hydrogen) atoms. The summed E-state index contributed by atoms with van der Waals surface area (Å²) in [7, 11) is -2.42. The molecule has 9 nitrogen and oxygen atoms in total. The first kappa shape index (κ1) is 18.6. The second-order valence-electron chi connectivity index (χ2n) is 5.17. The molecular formula is C15H16N2O7S. The van der Waals surface area contributed by atoms with E-state index in [0.717, 1.165) is 30.4 Å². The molecule has 0 unspecified atom stereocenters. The van der Waals surface area contributed by atoms with Gasteiger partial charge >= 0.3 is 5.97 Å². The molecule has 0 bridgehead atoms. The first-order chi connectivity index (χ1) is 11.7. The van der Waals surface area contributed by atoms with Gasteiger partial charge in [-0.25, -0.2) is 13.2 Å². The van der Waals surface area contributed by atoms with Gasteiger partial charge in [-0.3, -0.25) is 14.5 Å². The maximum absolute atomic E-state index is 12.1. The van der Waals surface area contributed by atoms with Crippen LogP contribution in [0.5, 0.6) is 0 Å². The molecule has 1 heterocycles. The number of anilines is 1. The van der Waals surface area contributed by atoms with Gasteiger partial charge in [0.2, 0.25) is 0 Å². The summed E-state index contributed by atoms with van der Waals surface area (Å²) in [5, 5.41) is 11.5. The Labute approximate surface area is 143 Å². The molecule has 1 aliphatic rings. The van der Waals surface area contributed by atoms with Crippen LogP contribution in [0.25, 0.3) is 0 Å². The van der Waals surface area contributed by atoms with E-state index in [2.05, 4.69) is 10.1 Å². The van der Waals surface area contributed by atoms with Crippen molar-refractivity contribution >= 4 is 33.3 Å². The fourth-order valence-electron chi connectivity index (χ4n) is 2.20. The van der Waals surface area contributed by atoms with Crippen molar-refractivity contribution in [3.63, 3.8) is 0 Å². The van der Waals surface area contributed by atoms with E-state index in [1.54, 1.807) is 0 Å². The van der Waals surface area contributed by atoms with E-state index in [1.165, 1.54) is 12.1 Å². The number of β-amino-alcohol motifs (C(OH)–C–C–N with tert-alkyl or cyclic N) is 1. The molecule has 0 spiro atoms. The monoisotopic (exact) mass is 368 g/mol. The van der Waals surface area contributed by atoms with Gasteiger partial charge in [0, 0.05) is 12.3 Å². The van der Waals surface area contributed by atoms with E-state index in [0.29, 0.717) is 0 Å². The van der Waals surface area contributed by atoms with E-state index in [-0.39, 0.29) is 35.0 Å². The van der Waals surface area contributed by atoms with Crippen LogP contribution in [0.1, 0.15) is 10.4 Å². The van der Waals surface area contributed by atoms with Gasteiger partial charge in [0.15, 0.2) is 9.84 Å². The van der Waals surface area contributed by atoms with Crippen molar-refractivity contribution in [2.45, 2.75) is 4.90 Å². The summed E-state index contributed by atoms with van der Waals surface area (Å²) in [5.74, 6) is -2.08. The number of amides is 2. The van der Waals surface area contributed by atoms with Crippen molar-refractivity contribution in [3.8, 4) is 0 Å². The van der Waals surface area contributed by atoms with Gasteiger partial charge in [0.05, 0.1) is 36.4 Å². The molecule has 1 aromatic rings. The summed E-state index contributed by atoms with van der Waals surface area (Å²) in [5.41, 5.74) is -0.0969. The van der Waals surface area contributed by atoms with Crippen LogP contribution in [0.4, 0.5) is 5.69 Å². The number of ether oxygens (including phenoxy) is 1. The van der Waals surface area contributed by atoms with Crippen LogP contribution in [-0.2, 0) is 24.2 Å². The Morgan fingerprint density at radius 3 is 2.56 bits per heavy atom. The number of aliphatic hydroxyl groups is 1. The molecule has 0 saturated heterocycles. The average Bonchev–Trinajstić information content (AvgIpc) is 2.81. The predicted molar refractivity (Wildman–Crippen MR) is 86.4 cm³/mol. The lowest BCUT2D eigenvalue weighted by molar-refractivity contribution is -0.137. The quantitative estimate of drug-likeness (QED) is 0.509. The van der Waals surface area contributed by atoms with Gasteiger partial charge in [-0.1, -0.05) is 0 Å². The van der Waals surface area contributed by atoms with Crippen molar-refractivity contribution in [1.29, 1.82) is 0 Å². The van der Waals surface area contributed by atoms with Gasteiger partial charge < -0.3 is 15.2 Å². The molecule has 134 valence electrons. The highest BCUT2D eigenvalue weighted by atomic mass is 32.2. The largest absolute Gasteiger partial charge is 0.465 e. The zero-order valence-corrected chi connectivity index (χ0v) is 14.3. The van der Waals surface area contributed by atoms with Gasteiger partial charge in [-0.15, -0.1) is 0 Å². The van der Waals surface area contributed by atoms with Gasteiger partial charge in [-0.05, 0) is 18.2 Å². The molecule has 0 fully saturated rings. The molecule has 2 amide bonds. The van der Waals surface area contributed by atoms with Crippen molar-refractivity contribution in [3.05, 3.63) is 35.5 Å². The molecule has 0 saturated carbocycles. The molecule has 0 aromatic heterocycles. The lowest BCUT2D eigenvalue weighted by atomic mass is 10.1. The molecule has 2 N–H and O–H groups in total. The summed E-state index contributed by atoms with van der Waals surface area (Å²) in [6, 6.07) is 3.68. The number of sulfone groups is 1. The highest BCUT2D eigenvalue weighted by Gasteiger charge is 2.31. The fourth-order valence-corrected chi connectivity index (χ4v) is 2.84. The van der Waals surface area contributed by atoms with Crippen LogP contribution in [0.3, 0.4) is 0 Å². The topological polar surface area (TPSA) is 130 Å². The van der Waals surface area contributed by atoms with Crippen LogP contribution < -0.4 is 5.32 Å². The summed E-state index contributed by atoms with van der Waals surface area (Å²) in [6.45, 7) is -0.536. The molecule has 0 aliphatic carbocycles. The van der Waals surface area contributed by atoms with Crippen LogP contribution in [0.15, 0.2) is 34.9 Å². The summed E-state index contributed by atoms with van der Waals surface area (Å²) in [6.07, 6.45) is 2.02. The third-order valence-corrected chi connectivity index (χ3v) is 4.54. The van der Waals surface area contributed by atoms with Crippen molar-refractivity contribution in [2.24, 2.45) is 0 Å². The number of rotatable bonds is 6. The first-order valence-corrected chi connectivity index (χ1v) is 8.96. The number of carbonyl (C=O) groups excluding carboxylic acids is 3. The molecule has 0 radical (unpaired) electrons. The van der Waals surface area contributed by atoms with E-state index in [9.17, 15) is 22.8 Å². The Morgan fingerprint density at radius 1 is 1.32 bits per heavy atom. The van der Waals surface area contributed by atoms with Crippen LogP contribution >= 0.6 is 0 Å². The molecule has 10 heteroatoms. The molecule has 1 aliphatic heterocycles. The summed E-state index contributed by atoms with van der Waals surface area (Å²) >= 11 is 0. The van der Waals surface area contributed by atoms with Crippen molar-refractivity contribution < 1.29 is 32.6 Å². The number of nitrogens with zero attached hydrogens (tertiary/aromatic N) is 1. The van der Waals surface area contributed by atoms with Gasteiger partial charge in [-0.2, -0.15) is 0 Å². The smallest absolute Gasteiger partial charge is 0.340 e. The minimum atomic E-state index is -3.55. The number of nitrogens with one attached hydrogen (secondary N) is 1. The SMILES string of the molecule is COC(=O)c1cc(S(C)(=O)=O)ccc1NC1=CC(=O)N(CCO)C1=O. The van der Waals surface area contributed by atoms with Crippen LogP contribution in [0.2, 0.25) is 0 Å². The number of hydrogen-bond donors (Lipinski definition) is 2. The standard InChI is InChI=1S/C15H16N2O7S/c1-24-15(21)10-7-9(25(2,22)23)3-4-11(10)16-12-8-13(19)17(5-6-18)14(12)20/h3-4,7-8,16,18H,5-6H2,1-2H3. The second-order valence-corrected chi connectivity index (χ2v) is 7.19. The Morgan fingerprint density at radius 2 is 2.00 bits per heavy atom. The van der Waals surface area contributed by atoms with E-state index in [4.69, 9.17) is 5.11 Å². The van der Waals surface area contributed by atoms with Gasteiger partial charge in [0.25, 0.3) is 11.8 Å². The Balaban J connectivity index is 2.40. The maximum Gasteiger partial charge on any atom is 0.340 e. The van der Waals surface area contributed by atoms with Crippen LogP contribution in [-0.4, -0.2) is 62.7 Å². The number of benzene rings is 1. The van der Waals surface area contributed by atoms with Gasteiger partial charge in [0.1, 0.15) is 5.70 Å². The molecular weight excluding hydrogens is 352 g/mol. The summed E-state index contributed by atoms with van der Waals surface area (Å²) in [4.78, 5) is 36.6. The zero-order valence-electron chi connectivity index (χ0n) is 13.5. The Kier molecular flexibility index (Phi) is 5.24. The lowest BCUT2D eigenvalue weighted by Gasteiger charge is -2.15. The normalized spacial score (nSPS) is 14.5. The first-order valence-electron chi connectivity index (χ1n) is 7.07. The number of carbonyl (C=O) groups is 3. The fraction of sp³-hybridized carbons (Fsp3) is 0.267. The predicted octanol–water partition coefficient (Wildman–Crippen LogP) is -0.466. The zero-order chi connectivity index (χ0) is 18.8. The van der Waals surface area contributed by atoms with E-state index in [1.807, 2.05) is 0 Å². The second kappa shape index (κ2) is 7.03. The third kappa shape index (κ3) is 3.86. The van der Waals surface area contributed by atoms with Crippen LogP contribution in [0, 0.1) is 0 Å².